The molecule has 15 heavy (non-hydrogen) atoms. The maximum Gasteiger partial charge on any atom is 0.123 e. The average molecular weight is 209 g/mol. The second kappa shape index (κ2) is 5.24. The molecule has 2 rings (SSSR count). The Morgan fingerprint density at radius 1 is 1.33 bits per heavy atom. The molecule has 2 nitrogen and oxygen atoms in total. The molecule has 1 aromatic carbocycles. The third-order valence-electron chi connectivity index (χ3n) is 2.65. The smallest absolute Gasteiger partial charge is 0.123 e. The minimum atomic E-state index is -0.196. The lowest BCUT2D eigenvalue weighted by molar-refractivity contribution is 0.0253. The molecular formula is C12H16FNO. The Kier molecular flexibility index (Phi) is 3.69. The van der Waals surface area contributed by atoms with Crippen LogP contribution in [0.1, 0.15) is 18.4 Å². The molecule has 1 aliphatic rings. The van der Waals surface area contributed by atoms with Crippen molar-refractivity contribution < 1.29 is 9.13 Å². The Balaban J connectivity index is 1.79. The fraction of sp³-hybridized carbons (Fsp3) is 0.500. The first-order valence-corrected chi connectivity index (χ1v) is 5.41. The van der Waals surface area contributed by atoms with E-state index >= 15 is 0 Å². The molecule has 0 saturated carbocycles. The molecular weight excluding hydrogens is 193 g/mol. The van der Waals surface area contributed by atoms with Crippen molar-refractivity contribution in [3.63, 3.8) is 0 Å². The number of halogens is 1. The number of hydrogen-bond acceptors (Lipinski definition) is 2. The number of benzene rings is 1. The van der Waals surface area contributed by atoms with Crippen molar-refractivity contribution in [2.24, 2.45) is 0 Å². The van der Waals surface area contributed by atoms with E-state index in [4.69, 9.17) is 4.74 Å². The minimum absolute atomic E-state index is 0.196. The third-order valence-corrected chi connectivity index (χ3v) is 2.65. The van der Waals surface area contributed by atoms with E-state index in [0.29, 0.717) is 12.7 Å². The first-order chi connectivity index (χ1) is 7.34. The van der Waals surface area contributed by atoms with Crippen LogP contribution in [0, 0.1) is 5.82 Å². The van der Waals surface area contributed by atoms with E-state index in [1.807, 2.05) is 0 Å². The van der Waals surface area contributed by atoms with Crippen LogP contribution in [0.4, 0.5) is 4.39 Å². The molecule has 1 N–H and O–H groups in total. The molecule has 1 atom stereocenters. The van der Waals surface area contributed by atoms with E-state index in [2.05, 4.69) is 5.32 Å². The van der Waals surface area contributed by atoms with Gasteiger partial charge in [-0.3, -0.25) is 0 Å². The first-order valence-electron chi connectivity index (χ1n) is 5.41. The predicted octanol–water partition coefficient (Wildman–Crippen LogP) is 2.09. The van der Waals surface area contributed by atoms with Gasteiger partial charge in [0.1, 0.15) is 5.82 Å². The second-order valence-corrected chi connectivity index (χ2v) is 3.91. The number of piperidine rings is 1. The zero-order valence-electron chi connectivity index (χ0n) is 8.71. The highest BCUT2D eigenvalue weighted by Gasteiger charge is 2.12. The van der Waals surface area contributed by atoms with Crippen LogP contribution < -0.4 is 5.32 Å². The van der Waals surface area contributed by atoms with E-state index in [1.54, 1.807) is 12.1 Å². The summed E-state index contributed by atoms with van der Waals surface area (Å²) in [4.78, 5) is 0. The summed E-state index contributed by atoms with van der Waals surface area (Å²) in [7, 11) is 0. The quantitative estimate of drug-likeness (QED) is 0.823. The maximum atomic E-state index is 12.6. The van der Waals surface area contributed by atoms with Gasteiger partial charge in [0.25, 0.3) is 0 Å². The fourth-order valence-electron chi connectivity index (χ4n) is 1.76. The highest BCUT2D eigenvalue weighted by Crippen LogP contribution is 2.10. The number of ether oxygens (including phenoxy) is 1. The van der Waals surface area contributed by atoms with Gasteiger partial charge in [-0.2, -0.15) is 0 Å². The molecule has 1 unspecified atom stereocenters. The van der Waals surface area contributed by atoms with Crippen molar-refractivity contribution >= 4 is 0 Å². The Labute approximate surface area is 89.4 Å². The summed E-state index contributed by atoms with van der Waals surface area (Å²) in [5, 5.41) is 3.30. The van der Waals surface area contributed by atoms with Gasteiger partial charge in [0.05, 0.1) is 12.7 Å². The van der Waals surface area contributed by atoms with Crippen molar-refractivity contribution in [1.82, 2.24) is 5.32 Å². The summed E-state index contributed by atoms with van der Waals surface area (Å²) in [6.45, 7) is 2.60. The van der Waals surface area contributed by atoms with E-state index in [1.165, 1.54) is 18.6 Å². The molecule has 0 aromatic heterocycles. The van der Waals surface area contributed by atoms with Crippen LogP contribution in [0.25, 0.3) is 0 Å². The molecule has 1 aliphatic heterocycles. The van der Waals surface area contributed by atoms with Crippen molar-refractivity contribution in [3.05, 3.63) is 35.6 Å². The topological polar surface area (TPSA) is 21.3 Å². The summed E-state index contributed by atoms with van der Waals surface area (Å²) >= 11 is 0. The highest BCUT2D eigenvalue weighted by atomic mass is 19.1. The van der Waals surface area contributed by atoms with E-state index in [-0.39, 0.29) is 5.82 Å². The van der Waals surface area contributed by atoms with Crippen LogP contribution in [-0.4, -0.2) is 19.2 Å². The van der Waals surface area contributed by atoms with Gasteiger partial charge in [-0.1, -0.05) is 12.1 Å². The maximum absolute atomic E-state index is 12.6. The Bertz CT molecular complexity index is 293. The molecule has 0 bridgehead atoms. The summed E-state index contributed by atoms with van der Waals surface area (Å²) in [5.41, 5.74) is 1.03. The Morgan fingerprint density at radius 2 is 2.13 bits per heavy atom. The van der Waals surface area contributed by atoms with Crippen LogP contribution in [0.15, 0.2) is 24.3 Å². The lowest BCUT2D eigenvalue weighted by Crippen LogP contribution is -2.35. The Hall–Kier alpha value is -0.930. The SMILES string of the molecule is Fc1ccc(COC2CCCNC2)cc1. The fourth-order valence-corrected chi connectivity index (χ4v) is 1.76. The molecule has 3 heteroatoms. The number of rotatable bonds is 3. The molecule has 0 radical (unpaired) electrons. The number of nitrogens with one attached hydrogen (secondary N) is 1. The van der Waals surface area contributed by atoms with Gasteiger partial charge in [0.15, 0.2) is 0 Å². The van der Waals surface area contributed by atoms with Crippen LogP contribution in [0.3, 0.4) is 0 Å². The van der Waals surface area contributed by atoms with E-state index < -0.39 is 0 Å². The lowest BCUT2D eigenvalue weighted by Gasteiger charge is -2.23. The normalized spacial score (nSPS) is 21.5. The molecule has 0 amide bonds. The van der Waals surface area contributed by atoms with Crippen molar-refractivity contribution in [2.75, 3.05) is 13.1 Å². The highest BCUT2D eigenvalue weighted by molar-refractivity contribution is 5.14. The minimum Gasteiger partial charge on any atom is -0.372 e. The zero-order valence-corrected chi connectivity index (χ0v) is 8.71. The molecule has 82 valence electrons. The lowest BCUT2D eigenvalue weighted by atomic mass is 10.1. The van der Waals surface area contributed by atoms with Crippen LogP contribution in [0.2, 0.25) is 0 Å². The van der Waals surface area contributed by atoms with Gasteiger partial charge < -0.3 is 10.1 Å². The summed E-state index contributed by atoms with van der Waals surface area (Å²) < 4.78 is 18.4. The predicted molar refractivity (Wildman–Crippen MR) is 57.1 cm³/mol. The third kappa shape index (κ3) is 3.29. The molecule has 0 aliphatic carbocycles. The van der Waals surface area contributed by atoms with Crippen molar-refractivity contribution in [2.45, 2.75) is 25.6 Å². The van der Waals surface area contributed by atoms with Crippen molar-refractivity contribution in [3.8, 4) is 0 Å². The second-order valence-electron chi connectivity index (χ2n) is 3.91. The molecule has 0 spiro atoms. The van der Waals surface area contributed by atoms with Crippen LogP contribution in [0.5, 0.6) is 0 Å². The van der Waals surface area contributed by atoms with Gasteiger partial charge in [0, 0.05) is 6.54 Å². The molecule has 1 fully saturated rings. The summed E-state index contributed by atoms with van der Waals surface area (Å²) in [6.07, 6.45) is 2.60. The van der Waals surface area contributed by atoms with Crippen LogP contribution in [-0.2, 0) is 11.3 Å². The molecule has 1 aromatic rings. The molecule has 1 saturated heterocycles. The first kappa shape index (κ1) is 10.6. The summed E-state index contributed by atoms with van der Waals surface area (Å²) in [5.74, 6) is -0.196. The van der Waals surface area contributed by atoms with Gasteiger partial charge in [0.2, 0.25) is 0 Å². The monoisotopic (exact) mass is 209 g/mol. The van der Waals surface area contributed by atoms with Crippen LogP contribution >= 0.6 is 0 Å². The van der Waals surface area contributed by atoms with Gasteiger partial charge >= 0.3 is 0 Å². The summed E-state index contributed by atoms with van der Waals surface area (Å²) in [6, 6.07) is 6.48. The largest absolute Gasteiger partial charge is 0.372 e. The zero-order chi connectivity index (χ0) is 10.5. The van der Waals surface area contributed by atoms with Crippen molar-refractivity contribution in [1.29, 1.82) is 0 Å². The van der Waals surface area contributed by atoms with Gasteiger partial charge in [-0.05, 0) is 37.1 Å². The average Bonchev–Trinajstić information content (AvgIpc) is 2.30. The molecule has 1 heterocycles. The van der Waals surface area contributed by atoms with Gasteiger partial charge in [-0.15, -0.1) is 0 Å². The number of hydrogen-bond donors (Lipinski definition) is 1. The van der Waals surface area contributed by atoms with E-state index in [9.17, 15) is 4.39 Å². The van der Waals surface area contributed by atoms with Gasteiger partial charge in [-0.25, -0.2) is 4.39 Å². The Morgan fingerprint density at radius 3 is 2.80 bits per heavy atom. The van der Waals surface area contributed by atoms with E-state index in [0.717, 1.165) is 25.1 Å². The standard InChI is InChI=1S/C12H16FNO/c13-11-5-3-10(4-6-11)9-15-12-2-1-7-14-8-12/h3-6,12,14H,1-2,7-9H2.